The van der Waals surface area contributed by atoms with E-state index in [0.717, 1.165) is 12.5 Å². The highest BCUT2D eigenvalue weighted by molar-refractivity contribution is 14.1. The molecule has 3 aromatic heterocycles. The molecule has 11 heteroatoms. The number of benzene rings is 1. The van der Waals surface area contributed by atoms with Gasteiger partial charge in [0.05, 0.1) is 23.7 Å². The zero-order chi connectivity index (χ0) is 20.2. The summed E-state index contributed by atoms with van der Waals surface area (Å²) >= 11 is 3.40. The number of alkyl halides is 4. The van der Waals surface area contributed by atoms with Crippen LogP contribution in [0.25, 0.3) is 26.4 Å². The maximum Gasteiger partial charge on any atom is 0.417 e. The molecule has 0 radical (unpaired) electrons. The van der Waals surface area contributed by atoms with Crippen molar-refractivity contribution in [3.8, 4) is 22.2 Å². The highest BCUT2D eigenvalue weighted by atomic mass is 127. The molecule has 29 heavy (non-hydrogen) atoms. The SMILES string of the molecule is FC(F)(F)c1cccc2sc(-c3nnc4c5c(c(CI)nn34)OCCCO5)cc12. The smallest absolute Gasteiger partial charge is 0.417 e. The van der Waals surface area contributed by atoms with Crippen molar-refractivity contribution in [1.82, 2.24) is 19.8 Å². The molecule has 1 aromatic carbocycles. The molecule has 1 aliphatic heterocycles. The lowest BCUT2D eigenvalue weighted by atomic mass is 10.1. The van der Waals surface area contributed by atoms with Crippen LogP contribution in [-0.2, 0) is 10.6 Å². The van der Waals surface area contributed by atoms with Gasteiger partial charge in [-0.15, -0.1) is 21.5 Å². The minimum Gasteiger partial charge on any atom is -0.488 e. The van der Waals surface area contributed by atoms with E-state index >= 15 is 0 Å². The molecular weight excluding hydrogens is 520 g/mol. The molecule has 0 bridgehead atoms. The number of aromatic nitrogens is 4. The lowest BCUT2D eigenvalue weighted by molar-refractivity contribution is -0.136. The first-order chi connectivity index (χ1) is 14.0. The van der Waals surface area contributed by atoms with Crippen molar-refractivity contribution in [2.24, 2.45) is 0 Å². The molecule has 4 aromatic rings. The van der Waals surface area contributed by atoms with Crippen molar-refractivity contribution in [2.45, 2.75) is 17.0 Å². The Morgan fingerprint density at radius 1 is 1.14 bits per heavy atom. The minimum absolute atomic E-state index is 0.139. The number of ether oxygens (including phenoxy) is 2. The molecule has 0 spiro atoms. The third-order valence-electron chi connectivity index (χ3n) is 4.53. The van der Waals surface area contributed by atoms with Gasteiger partial charge in [0.15, 0.2) is 11.6 Å². The number of rotatable bonds is 2. The summed E-state index contributed by atoms with van der Waals surface area (Å²) in [7, 11) is 0. The number of fused-ring (bicyclic) bond motifs is 4. The predicted molar refractivity (Wildman–Crippen MR) is 110 cm³/mol. The Balaban J connectivity index is 1.73. The van der Waals surface area contributed by atoms with Gasteiger partial charge in [0, 0.05) is 20.9 Å². The summed E-state index contributed by atoms with van der Waals surface area (Å²) in [6, 6.07) is 5.64. The molecule has 0 saturated heterocycles. The average Bonchev–Trinajstić information content (AvgIpc) is 3.22. The lowest BCUT2D eigenvalue weighted by Gasteiger charge is -2.11. The number of hydrogen-bond acceptors (Lipinski definition) is 6. The normalized spacial score (nSPS) is 14.5. The fourth-order valence-corrected chi connectivity index (χ4v) is 4.82. The Hall–Kier alpha value is -2.15. The number of thiophene rings is 1. The molecule has 0 amide bonds. The van der Waals surface area contributed by atoms with Crippen LogP contribution in [0.1, 0.15) is 17.7 Å². The van der Waals surface area contributed by atoms with Crippen molar-refractivity contribution in [1.29, 1.82) is 0 Å². The van der Waals surface area contributed by atoms with Crippen LogP contribution in [0.15, 0.2) is 24.3 Å². The molecule has 5 rings (SSSR count). The molecule has 0 saturated carbocycles. The molecule has 4 heterocycles. The third kappa shape index (κ3) is 3.10. The van der Waals surface area contributed by atoms with Gasteiger partial charge in [0.2, 0.25) is 11.4 Å². The van der Waals surface area contributed by atoms with E-state index in [-0.39, 0.29) is 5.39 Å². The monoisotopic (exact) mass is 532 g/mol. The second-order valence-electron chi connectivity index (χ2n) is 6.37. The van der Waals surface area contributed by atoms with Crippen molar-refractivity contribution in [3.05, 3.63) is 35.5 Å². The lowest BCUT2D eigenvalue weighted by Crippen LogP contribution is -2.05. The van der Waals surface area contributed by atoms with Gasteiger partial charge < -0.3 is 9.47 Å². The molecular formula is C18H12F3IN4O2S. The molecule has 150 valence electrons. The quantitative estimate of drug-likeness (QED) is 0.265. The number of halogens is 4. The Kier molecular flexibility index (Phi) is 4.53. The number of hydrogen-bond donors (Lipinski definition) is 0. The summed E-state index contributed by atoms with van der Waals surface area (Å²) in [5, 5.41) is 13.1. The van der Waals surface area contributed by atoms with Crippen molar-refractivity contribution < 1.29 is 22.6 Å². The van der Waals surface area contributed by atoms with Crippen LogP contribution < -0.4 is 9.47 Å². The first-order valence-electron chi connectivity index (χ1n) is 8.67. The van der Waals surface area contributed by atoms with Crippen molar-refractivity contribution in [3.63, 3.8) is 0 Å². The molecule has 0 N–H and O–H groups in total. The fraction of sp³-hybridized carbons (Fsp3) is 0.278. The molecule has 1 aliphatic rings. The van der Waals surface area contributed by atoms with E-state index in [9.17, 15) is 13.2 Å². The molecule has 6 nitrogen and oxygen atoms in total. The Morgan fingerprint density at radius 2 is 1.93 bits per heavy atom. The highest BCUT2D eigenvalue weighted by Gasteiger charge is 2.33. The molecule has 0 fully saturated rings. The molecule has 0 aliphatic carbocycles. The van der Waals surface area contributed by atoms with Gasteiger partial charge in [0.25, 0.3) is 0 Å². The van der Waals surface area contributed by atoms with E-state index in [4.69, 9.17) is 9.47 Å². The van der Waals surface area contributed by atoms with Gasteiger partial charge in [0.1, 0.15) is 5.69 Å². The first-order valence-corrected chi connectivity index (χ1v) is 11.0. The number of nitrogens with zero attached hydrogens (tertiary/aromatic N) is 4. The van der Waals surface area contributed by atoms with E-state index in [1.807, 2.05) is 0 Å². The van der Waals surface area contributed by atoms with Gasteiger partial charge in [-0.25, -0.2) is 0 Å². The first kappa shape index (κ1) is 18.9. The van der Waals surface area contributed by atoms with E-state index < -0.39 is 11.7 Å². The van der Waals surface area contributed by atoms with E-state index in [1.54, 1.807) is 6.07 Å². The second kappa shape index (κ2) is 6.97. The minimum atomic E-state index is -4.43. The van der Waals surface area contributed by atoms with Crippen LogP contribution in [0, 0.1) is 0 Å². The van der Waals surface area contributed by atoms with Gasteiger partial charge in [-0.1, -0.05) is 28.7 Å². The summed E-state index contributed by atoms with van der Waals surface area (Å²) in [4.78, 5) is 0.547. The van der Waals surface area contributed by atoms with Gasteiger partial charge >= 0.3 is 6.18 Å². The average molecular weight is 532 g/mol. The van der Waals surface area contributed by atoms with Crippen molar-refractivity contribution >= 4 is 49.7 Å². The summed E-state index contributed by atoms with van der Waals surface area (Å²) in [5.41, 5.74) is 0.393. The molecule has 0 atom stereocenters. The van der Waals surface area contributed by atoms with Gasteiger partial charge in [-0.05, 0) is 18.2 Å². The zero-order valence-corrected chi connectivity index (χ0v) is 17.6. The van der Waals surface area contributed by atoms with E-state index in [1.165, 1.54) is 28.0 Å². The maximum atomic E-state index is 13.4. The van der Waals surface area contributed by atoms with Crippen LogP contribution in [-0.4, -0.2) is 33.0 Å². The summed E-state index contributed by atoms with van der Waals surface area (Å²) in [5.74, 6) is 1.40. The largest absolute Gasteiger partial charge is 0.488 e. The zero-order valence-electron chi connectivity index (χ0n) is 14.7. The second-order valence-corrected chi connectivity index (χ2v) is 8.22. The highest BCUT2D eigenvalue weighted by Crippen LogP contribution is 2.42. The summed E-state index contributed by atoms with van der Waals surface area (Å²) in [6.07, 6.45) is -3.70. The van der Waals surface area contributed by atoms with E-state index in [2.05, 4.69) is 37.9 Å². The maximum absolute atomic E-state index is 13.4. The van der Waals surface area contributed by atoms with E-state index in [0.29, 0.717) is 55.9 Å². The van der Waals surface area contributed by atoms with Crippen LogP contribution in [0.4, 0.5) is 13.2 Å². The summed E-state index contributed by atoms with van der Waals surface area (Å²) < 4.78 is 54.4. The predicted octanol–water partition coefficient (Wildman–Crippen LogP) is 5.12. The van der Waals surface area contributed by atoms with Crippen LogP contribution in [0.3, 0.4) is 0 Å². The third-order valence-corrected chi connectivity index (χ3v) is 6.35. The van der Waals surface area contributed by atoms with Gasteiger partial charge in [-0.2, -0.15) is 22.8 Å². The van der Waals surface area contributed by atoms with Crippen LogP contribution in [0.5, 0.6) is 11.5 Å². The fourth-order valence-electron chi connectivity index (χ4n) is 3.26. The van der Waals surface area contributed by atoms with Crippen LogP contribution >= 0.6 is 33.9 Å². The topological polar surface area (TPSA) is 61.5 Å². The standard InChI is InChI=1S/C18H12F3IN4O2S/c19-18(20,21)10-3-1-4-12-9(10)7-13(29-12)16-23-24-17-15-14(27-5-2-6-28-15)11(8-22)25-26(16)17/h1,3-4,7H,2,5-6,8H2. The summed E-state index contributed by atoms with van der Waals surface area (Å²) in [6.45, 7) is 0.999. The Bertz CT molecular complexity index is 1240. The molecule has 0 unspecified atom stereocenters. The Labute approximate surface area is 179 Å². The van der Waals surface area contributed by atoms with Gasteiger partial charge in [-0.3, -0.25) is 0 Å². The van der Waals surface area contributed by atoms with Crippen molar-refractivity contribution in [2.75, 3.05) is 13.2 Å². The Morgan fingerprint density at radius 3 is 2.69 bits per heavy atom. The van der Waals surface area contributed by atoms with Crippen LogP contribution in [0.2, 0.25) is 0 Å².